The van der Waals surface area contributed by atoms with Crippen LogP contribution in [0, 0.1) is 11.3 Å². The Bertz CT molecular complexity index is 1140. The first-order valence-corrected chi connectivity index (χ1v) is 8.90. The molecular formula is C20H18N8. The van der Waals surface area contributed by atoms with Crippen LogP contribution in [0.2, 0.25) is 0 Å². The van der Waals surface area contributed by atoms with Crippen LogP contribution in [0.1, 0.15) is 17.7 Å². The molecule has 0 fully saturated rings. The number of H-pyrrole nitrogens is 1. The number of rotatable bonds is 6. The van der Waals surface area contributed by atoms with Gasteiger partial charge in [0.25, 0.3) is 0 Å². The Morgan fingerprint density at radius 1 is 1.14 bits per heavy atom. The van der Waals surface area contributed by atoms with Gasteiger partial charge in [-0.3, -0.25) is 10.1 Å². The van der Waals surface area contributed by atoms with Crippen molar-refractivity contribution in [1.29, 1.82) is 5.26 Å². The second-order valence-corrected chi connectivity index (χ2v) is 6.26. The van der Waals surface area contributed by atoms with Gasteiger partial charge in [-0.1, -0.05) is 12.1 Å². The van der Waals surface area contributed by atoms with Crippen LogP contribution >= 0.6 is 0 Å². The highest BCUT2D eigenvalue weighted by atomic mass is 15.2. The summed E-state index contributed by atoms with van der Waals surface area (Å²) in [4.78, 5) is 13.5. The van der Waals surface area contributed by atoms with E-state index in [0.717, 1.165) is 34.4 Å². The molecule has 4 N–H and O–H groups in total. The van der Waals surface area contributed by atoms with Crippen LogP contribution in [0.3, 0.4) is 0 Å². The predicted molar refractivity (Wildman–Crippen MR) is 107 cm³/mol. The Balaban J connectivity index is 1.53. The number of aromatic nitrogens is 5. The van der Waals surface area contributed by atoms with Crippen molar-refractivity contribution in [2.45, 2.75) is 12.8 Å². The number of para-hydroxylation sites is 1. The highest BCUT2D eigenvalue weighted by Gasteiger charge is 2.11. The van der Waals surface area contributed by atoms with Crippen molar-refractivity contribution in [3.05, 3.63) is 60.0 Å². The van der Waals surface area contributed by atoms with Gasteiger partial charge in [0.05, 0.1) is 11.2 Å². The zero-order valence-electron chi connectivity index (χ0n) is 15.1. The zero-order chi connectivity index (χ0) is 19.3. The summed E-state index contributed by atoms with van der Waals surface area (Å²) < 4.78 is 0. The normalized spacial score (nSPS) is 10.7. The molecule has 1 aromatic carbocycles. The van der Waals surface area contributed by atoms with Crippen LogP contribution < -0.4 is 11.1 Å². The third kappa shape index (κ3) is 3.46. The number of nitrogen functional groups attached to an aromatic ring is 1. The summed E-state index contributed by atoms with van der Waals surface area (Å²) in [6.45, 7) is 0.678. The summed E-state index contributed by atoms with van der Waals surface area (Å²) in [5.74, 6) is 1.64. The molecule has 0 aliphatic rings. The van der Waals surface area contributed by atoms with Gasteiger partial charge in [-0.25, -0.2) is 9.97 Å². The summed E-state index contributed by atoms with van der Waals surface area (Å²) in [7, 11) is 0. The van der Waals surface area contributed by atoms with Crippen molar-refractivity contribution in [2.75, 3.05) is 17.6 Å². The molecule has 0 radical (unpaired) electrons. The summed E-state index contributed by atoms with van der Waals surface area (Å²) in [5.41, 5.74) is 8.59. The van der Waals surface area contributed by atoms with Crippen LogP contribution in [-0.4, -0.2) is 31.7 Å². The highest BCUT2D eigenvalue weighted by Crippen LogP contribution is 2.24. The molecule has 0 bridgehead atoms. The minimum Gasteiger partial charge on any atom is -0.381 e. The Labute approximate surface area is 161 Å². The molecule has 8 nitrogen and oxygen atoms in total. The number of nitriles is 1. The highest BCUT2D eigenvalue weighted by molar-refractivity contribution is 5.90. The van der Waals surface area contributed by atoms with E-state index in [9.17, 15) is 0 Å². The molecule has 0 aliphatic heterocycles. The molecule has 0 unspecified atom stereocenters. The first-order chi connectivity index (χ1) is 13.8. The molecule has 8 heteroatoms. The zero-order valence-corrected chi connectivity index (χ0v) is 15.1. The van der Waals surface area contributed by atoms with Crippen molar-refractivity contribution >= 4 is 22.5 Å². The summed E-state index contributed by atoms with van der Waals surface area (Å²) in [6.07, 6.45) is 4.93. The van der Waals surface area contributed by atoms with Gasteiger partial charge in [0.1, 0.15) is 17.5 Å². The number of pyridine rings is 1. The van der Waals surface area contributed by atoms with Gasteiger partial charge in [0.2, 0.25) is 0 Å². The minimum atomic E-state index is 0.244. The molecule has 138 valence electrons. The van der Waals surface area contributed by atoms with Gasteiger partial charge in [0.15, 0.2) is 11.6 Å². The van der Waals surface area contributed by atoms with Gasteiger partial charge < -0.3 is 11.1 Å². The molecular weight excluding hydrogens is 352 g/mol. The molecule has 0 atom stereocenters. The predicted octanol–water partition coefficient (Wildman–Crippen LogP) is 2.91. The number of nitrogens with one attached hydrogen (secondary N) is 2. The maximum absolute atomic E-state index is 9.15. The number of benzene rings is 1. The van der Waals surface area contributed by atoms with Gasteiger partial charge in [-0.05, 0) is 37.1 Å². The fraction of sp³-hybridized carbons (Fsp3) is 0.150. The molecule has 0 aliphatic carbocycles. The fourth-order valence-electron chi connectivity index (χ4n) is 3.01. The lowest BCUT2D eigenvalue weighted by atomic mass is 10.1. The third-order valence-electron chi connectivity index (χ3n) is 4.40. The maximum atomic E-state index is 9.15. The minimum absolute atomic E-state index is 0.244. The fourth-order valence-corrected chi connectivity index (χ4v) is 3.01. The van der Waals surface area contributed by atoms with Crippen LogP contribution in [-0.2, 0) is 6.42 Å². The van der Waals surface area contributed by atoms with Gasteiger partial charge >= 0.3 is 0 Å². The lowest BCUT2D eigenvalue weighted by Crippen LogP contribution is -2.07. The number of nitrogens with zero attached hydrogens (tertiary/aromatic N) is 5. The molecule has 3 heterocycles. The van der Waals surface area contributed by atoms with E-state index in [-0.39, 0.29) is 5.82 Å². The van der Waals surface area contributed by atoms with Crippen molar-refractivity contribution in [3.63, 3.8) is 0 Å². The van der Waals surface area contributed by atoms with Crippen molar-refractivity contribution < 1.29 is 0 Å². The van der Waals surface area contributed by atoms with E-state index in [2.05, 4.69) is 31.6 Å². The first-order valence-electron chi connectivity index (χ1n) is 8.90. The Morgan fingerprint density at radius 2 is 2.04 bits per heavy atom. The molecule has 0 spiro atoms. The summed E-state index contributed by atoms with van der Waals surface area (Å²) in [6, 6.07) is 13.8. The van der Waals surface area contributed by atoms with Gasteiger partial charge in [0, 0.05) is 29.9 Å². The van der Waals surface area contributed by atoms with Gasteiger partial charge in [-0.2, -0.15) is 10.4 Å². The van der Waals surface area contributed by atoms with Crippen LogP contribution in [0.4, 0.5) is 11.6 Å². The standard InChI is InChI=1S/C20H18N8/c21-11-15-17(27-28-18(15)22)8-4-10-24-20-14-6-1-2-7-16(14)25-19(26-20)13-5-3-9-23-12-13/h1-3,5-7,9,12H,4,8,10H2,(H3,22,27,28)(H,24,25,26). The SMILES string of the molecule is N#Cc1c(N)n[nH]c1CCCNc1nc(-c2cccnc2)nc2ccccc12. The Hall–Kier alpha value is -3.99. The molecule has 28 heavy (non-hydrogen) atoms. The Kier molecular flexibility index (Phi) is 4.80. The quantitative estimate of drug-likeness (QED) is 0.445. The molecule has 3 aromatic heterocycles. The number of aryl methyl sites for hydroxylation is 1. The number of nitrogens with two attached hydrogens (primary N) is 1. The molecule has 0 saturated heterocycles. The van der Waals surface area contributed by atoms with E-state index in [0.29, 0.717) is 24.4 Å². The van der Waals surface area contributed by atoms with Crippen LogP contribution in [0.15, 0.2) is 48.8 Å². The van der Waals surface area contributed by atoms with E-state index in [4.69, 9.17) is 16.0 Å². The monoisotopic (exact) mass is 370 g/mol. The molecule has 0 saturated carbocycles. The molecule has 4 aromatic rings. The average Bonchev–Trinajstić information content (AvgIpc) is 3.11. The van der Waals surface area contributed by atoms with Crippen molar-refractivity contribution in [1.82, 2.24) is 25.1 Å². The van der Waals surface area contributed by atoms with E-state index < -0.39 is 0 Å². The topological polar surface area (TPSA) is 129 Å². The second-order valence-electron chi connectivity index (χ2n) is 6.26. The first kappa shape index (κ1) is 17.4. The maximum Gasteiger partial charge on any atom is 0.163 e. The molecule has 4 rings (SSSR count). The number of aromatic amines is 1. The van der Waals surface area contributed by atoms with E-state index in [1.165, 1.54) is 0 Å². The number of fused-ring (bicyclic) bond motifs is 1. The van der Waals surface area contributed by atoms with E-state index in [1.807, 2.05) is 36.4 Å². The summed E-state index contributed by atoms with van der Waals surface area (Å²) >= 11 is 0. The van der Waals surface area contributed by atoms with Crippen LogP contribution in [0.25, 0.3) is 22.3 Å². The second kappa shape index (κ2) is 7.72. The number of anilines is 2. The lowest BCUT2D eigenvalue weighted by Gasteiger charge is -2.11. The number of hydrogen-bond acceptors (Lipinski definition) is 7. The van der Waals surface area contributed by atoms with Gasteiger partial charge in [-0.15, -0.1) is 0 Å². The lowest BCUT2D eigenvalue weighted by molar-refractivity contribution is 0.823. The Morgan fingerprint density at radius 3 is 2.86 bits per heavy atom. The largest absolute Gasteiger partial charge is 0.381 e. The summed E-state index contributed by atoms with van der Waals surface area (Å²) in [5, 5.41) is 20.2. The van der Waals surface area contributed by atoms with Crippen molar-refractivity contribution in [2.24, 2.45) is 0 Å². The third-order valence-corrected chi connectivity index (χ3v) is 4.40. The van der Waals surface area contributed by atoms with Crippen molar-refractivity contribution in [3.8, 4) is 17.5 Å². The average molecular weight is 370 g/mol. The molecule has 0 amide bonds. The van der Waals surface area contributed by atoms with E-state index in [1.54, 1.807) is 12.4 Å². The smallest absolute Gasteiger partial charge is 0.163 e. The van der Waals surface area contributed by atoms with E-state index >= 15 is 0 Å². The van der Waals surface area contributed by atoms with Crippen LogP contribution in [0.5, 0.6) is 0 Å². The number of hydrogen-bond donors (Lipinski definition) is 3.